The standard InChI is InChI=1S/C24H26F3N3O2/c25-24(26,27)21-7-2-1-6-20(21)23(32)30-14-12-29(13-15-30)11-10-22(31)28-19-9-8-17-4-3-5-18(17)16-19/h1-2,6-9,16H,3-5,10-15H2,(H,28,31). The van der Waals surface area contributed by atoms with Gasteiger partial charge in [0.25, 0.3) is 5.91 Å². The lowest BCUT2D eigenvalue weighted by Gasteiger charge is -2.35. The van der Waals surface area contributed by atoms with E-state index in [9.17, 15) is 22.8 Å². The van der Waals surface area contributed by atoms with Gasteiger partial charge in [-0.05, 0) is 54.7 Å². The van der Waals surface area contributed by atoms with Gasteiger partial charge < -0.3 is 10.2 Å². The SMILES string of the molecule is O=C(CCN1CCN(C(=O)c2ccccc2C(F)(F)F)CC1)Nc1ccc2c(c1)CCC2. The maximum atomic E-state index is 13.2. The van der Waals surface area contributed by atoms with Crippen molar-refractivity contribution in [2.24, 2.45) is 0 Å². The highest BCUT2D eigenvalue weighted by Gasteiger charge is 2.36. The summed E-state index contributed by atoms with van der Waals surface area (Å²) in [5.74, 6) is -0.674. The van der Waals surface area contributed by atoms with Crippen LogP contribution in [-0.4, -0.2) is 54.3 Å². The van der Waals surface area contributed by atoms with Crippen LogP contribution in [0.3, 0.4) is 0 Å². The quantitative estimate of drug-likeness (QED) is 0.758. The first-order valence-electron chi connectivity index (χ1n) is 10.9. The Morgan fingerprint density at radius 2 is 1.66 bits per heavy atom. The molecule has 0 aromatic heterocycles. The Balaban J connectivity index is 1.25. The molecule has 0 radical (unpaired) electrons. The Morgan fingerprint density at radius 1 is 0.938 bits per heavy atom. The second-order valence-corrected chi connectivity index (χ2v) is 8.31. The highest BCUT2D eigenvalue weighted by Crippen LogP contribution is 2.32. The fourth-order valence-corrected chi connectivity index (χ4v) is 4.39. The van der Waals surface area contributed by atoms with Gasteiger partial charge >= 0.3 is 6.18 Å². The summed E-state index contributed by atoms with van der Waals surface area (Å²) in [5, 5.41) is 2.94. The van der Waals surface area contributed by atoms with Gasteiger partial charge in [0.2, 0.25) is 5.91 Å². The summed E-state index contributed by atoms with van der Waals surface area (Å²) in [4.78, 5) is 28.5. The first-order chi connectivity index (χ1) is 15.3. The molecule has 1 aliphatic heterocycles. The van der Waals surface area contributed by atoms with Gasteiger partial charge in [-0.15, -0.1) is 0 Å². The summed E-state index contributed by atoms with van der Waals surface area (Å²) in [6, 6.07) is 10.9. The molecule has 1 aliphatic carbocycles. The fourth-order valence-electron chi connectivity index (χ4n) is 4.39. The fraction of sp³-hybridized carbons (Fsp3) is 0.417. The lowest BCUT2D eigenvalue weighted by atomic mass is 10.1. The van der Waals surface area contributed by atoms with Crippen LogP contribution in [0.5, 0.6) is 0 Å². The third kappa shape index (κ3) is 5.12. The molecule has 170 valence electrons. The van der Waals surface area contributed by atoms with Crippen molar-refractivity contribution in [3.8, 4) is 0 Å². The molecule has 2 aliphatic rings. The maximum absolute atomic E-state index is 13.2. The molecule has 1 saturated heterocycles. The van der Waals surface area contributed by atoms with Crippen LogP contribution in [0.4, 0.5) is 18.9 Å². The molecule has 4 rings (SSSR count). The number of carbonyl (C=O) groups excluding carboxylic acids is 2. The van der Waals surface area contributed by atoms with E-state index in [-0.39, 0.29) is 11.5 Å². The number of fused-ring (bicyclic) bond motifs is 1. The molecule has 2 aromatic rings. The van der Waals surface area contributed by atoms with Crippen molar-refractivity contribution < 1.29 is 22.8 Å². The van der Waals surface area contributed by atoms with E-state index in [4.69, 9.17) is 0 Å². The number of rotatable bonds is 5. The Kier molecular flexibility index (Phi) is 6.50. The van der Waals surface area contributed by atoms with Crippen LogP contribution in [0.2, 0.25) is 0 Å². The predicted octanol–water partition coefficient (Wildman–Crippen LogP) is 3.98. The van der Waals surface area contributed by atoms with Crippen molar-refractivity contribution in [2.75, 3.05) is 38.0 Å². The monoisotopic (exact) mass is 445 g/mol. The number of amides is 2. The highest BCUT2D eigenvalue weighted by atomic mass is 19.4. The van der Waals surface area contributed by atoms with Gasteiger partial charge in [0, 0.05) is 44.8 Å². The highest BCUT2D eigenvalue weighted by molar-refractivity contribution is 5.96. The Labute approximate surface area is 185 Å². The number of piperazine rings is 1. The Hall–Kier alpha value is -2.87. The Bertz CT molecular complexity index is 998. The number of nitrogens with one attached hydrogen (secondary N) is 1. The number of benzene rings is 2. The van der Waals surface area contributed by atoms with Gasteiger partial charge in [0.1, 0.15) is 0 Å². The molecular formula is C24H26F3N3O2. The van der Waals surface area contributed by atoms with Crippen molar-refractivity contribution in [3.05, 3.63) is 64.7 Å². The average molecular weight is 445 g/mol. The summed E-state index contributed by atoms with van der Waals surface area (Å²) in [6.45, 7) is 2.24. The van der Waals surface area contributed by atoms with Crippen LogP contribution < -0.4 is 5.32 Å². The normalized spacial score (nSPS) is 16.7. The Morgan fingerprint density at radius 3 is 2.41 bits per heavy atom. The van der Waals surface area contributed by atoms with Gasteiger partial charge in [-0.3, -0.25) is 14.5 Å². The van der Waals surface area contributed by atoms with Crippen LogP contribution in [0, 0.1) is 0 Å². The molecule has 1 N–H and O–H groups in total. The van der Waals surface area contributed by atoms with E-state index >= 15 is 0 Å². The van der Waals surface area contributed by atoms with Crippen LogP contribution in [0.1, 0.15) is 39.9 Å². The zero-order chi connectivity index (χ0) is 22.7. The predicted molar refractivity (Wildman–Crippen MR) is 116 cm³/mol. The van der Waals surface area contributed by atoms with Crippen molar-refractivity contribution in [2.45, 2.75) is 31.9 Å². The number of carbonyl (C=O) groups is 2. The number of aryl methyl sites for hydroxylation is 2. The molecule has 0 saturated carbocycles. The summed E-state index contributed by atoms with van der Waals surface area (Å²) < 4.78 is 39.7. The number of alkyl halides is 3. The van der Waals surface area contributed by atoms with E-state index in [0.717, 1.165) is 31.0 Å². The minimum absolute atomic E-state index is 0.0689. The average Bonchev–Trinajstić information content (AvgIpc) is 3.25. The van der Waals surface area contributed by atoms with Gasteiger partial charge in [-0.2, -0.15) is 13.2 Å². The van der Waals surface area contributed by atoms with Crippen LogP contribution >= 0.6 is 0 Å². The molecule has 2 amide bonds. The minimum Gasteiger partial charge on any atom is -0.336 e. The number of nitrogens with zero attached hydrogens (tertiary/aromatic N) is 2. The molecule has 1 heterocycles. The third-order valence-electron chi connectivity index (χ3n) is 6.16. The molecule has 32 heavy (non-hydrogen) atoms. The van der Waals surface area contributed by atoms with Crippen LogP contribution in [0.15, 0.2) is 42.5 Å². The van der Waals surface area contributed by atoms with Crippen molar-refractivity contribution in [1.82, 2.24) is 9.80 Å². The molecule has 2 aromatic carbocycles. The first kappa shape index (κ1) is 22.3. The van der Waals surface area contributed by atoms with E-state index in [1.54, 1.807) is 0 Å². The molecular weight excluding hydrogens is 419 g/mol. The number of anilines is 1. The lowest BCUT2D eigenvalue weighted by Crippen LogP contribution is -2.49. The molecule has 8 heteroatoms. The second kappa shape index (κ2) is 9.32. The van der Waals surface area contributed by atoms with Crippen molar-refractivity contribution in [1.29, 1.82) is 0 Å². The third-order valence-corrected chi connectivity index (χ3v) is 6.16. The van der Waals surface area contributed by atoms with Crippen LogP contribution in [-0.2, 0) is 23.8 Å². The summed E-state index contributed by atoms with van der Waals surface area (Å²) >= 11 is 0. The van der Waals surface area contributed by atoms with E-state index in [2.05, 4.69) is 16.3 Å². The molecule has 0 atom stereocenters. The number of hydrogen-bond donors (Lipinski definition) is 1. The summed E-state index contributed by atoms with van der Waals surface area (Å²) in [7, 11) is 0. The van der Waals surface area contributed by atoms with E-state index in [1.165, 1.54) is 34.2 Å². The smallest absolute Gasteiger partial charge is 0.336 e. The largest absolute Gasteiger partial charge is 0.417 e. The van der Waals surface area contributed by atoms with Gasteiger partial charge in [-0.1, -0.05) is 18.2 Å². The van der Waals surface area contributed by atoms with E-state index < -0.39 is 17.6 Å². The summed E-state index contributed by atoms with van der Waals surface area (Å²) in [6.07, 6.45) is -0.944. The van der Waals surface area contributed by atoms with Gasteiger partial charge in [0.15, 0.2) is 0 Å². The van der Waals surface area contributed by atoms with Crippen molar-refractivity contribution in [3.63, 3.8) is 0 Å². The number of halogens is 3. The van der Waals surface area contributed by atoms with Gasteiger partial charge in [0.05, 0.1) is 11.1 Å². The lowest BCUT2D eigenvalue weighted by molar-refractivity contribution is -0.138. The second-order valence-electron chi connectivity index (χ2n) is 8.31. The number of hydrogen-bond acceptors (Lipinski definition) is 3. The summed E-state index contributed by atoms with van der Waals surface area (Å²) in [5.41, 5.74) is 2.25. The van der Waals surface area contributed by atoms with Crippen molar-refractivity contribution >= 4 is 17.5 Å². The van der Waals surface area contributed by atoms with E-state index in [1.807, 2.05) is 12.1 Å². The first-order valence-corrected chi connectivity index (χ1v) is 10.9. The topological polar surface area (TPSA) is 52.7 Å². The zero-order valence-corrected chi connectivity index (χ0v) is 17.8. The van der Waals surface area contributed by atoms with Gasteiger partial charge in [-0.25, -0.2) is 0 Å². The maximum Gasteiger partial charge on any atom is 0.417 e. The van der Waals surface area contributed by atoms with Crippen LogP contribution in [0.25, 0.3) is 0 Å². The molecule has 0 unspecified atom stereocenters. The molecule has 5 nitrogen and oxygen atoms in total. The molecule has 1 fully saturated rings. The van der Waals surface area contributed by atoms with E-state index in [0.29, 0.717) is 39.1 Å². The zero-order valence-electron chi connectivity index (χ0n) is 17.8. The molecule has 0 spiro atoms. The molecule has 0 bridgehead atoms. The minimum atomic E-state index is -4.57.